The molecule has 4 rings (SSSR count). The van der Waals surface area contributed by atoms with E-state index in [-0.39, 0.29) is 22.8 Å². The van der Waals surface area contributed by atoms with Gasteiger partial charge in [0.05, 0.1) is 50.8 Å². The third kappa shape index (κ3) is 26.5. The van der Waals surface area contributed by atoms with Crippen LogP contribution in [-0.2, 0) is 19.7 Å². The van der Waals surface area contributed by atoms with E-state index < -0.39 is 25.7 Å². The first-order valence-electron chi connectivity index (χ1n) is 31.9. The van der Waals surface area contributed by atoms with Crippen molar-refractivity contribution in [2.24, 2.45) is 0 Å². The molecule has 0 bridgehead atoms. The number of aromatic carboxylic acids is 1. The highest BCUT2D eigenvalue weighted by Gasteiger charge is 2.21. The van der Waals surface area contributed by atoms with Crippen molar-refractivity contribution in [3.63, 3.8) is 0 Å². The number of carboxylic acid groups (broad SMARTS) is 1. The molecule has 0 aromatic heterocycles. The van der Waals surface area contributed by atoms with Gasteiger partial charge in [0.2, 0.25) is 5.75 Å². The second kappa shape index (κ2) is 41.6. The summed E-state index contributed by atoms with van der Waals surface area (Å²) in [6.45, 7) is 3.98. The van der Waals surface area contributed by atoms with E-state index in [0.717, 1.165) is 38.5 Å². The van der Waals surface area contributed by atoms with Gasteiger partial charge in [-0.1, -0.05) is 212 Å². The van der Waals surface area contributed by atoms with Crippen LogP contribution < -0.4 is 42.6 Å². The third-order valence-electron chi connectivity index (χ3n) is 14.1. The van der Waals surface area contributed by atoms with E-state index >= 15 is 0 Å². The zero-order chi connectivity index (χ0) is 58.3. The topological polar surface area (TPSA) is 120 Å². The smallest absolute Gasteiger partial charge is 0.335 e. The number of methoxy groups -OCH3 is 3. The fraction of sp³-hybridized carbons (Fsp3) is 0.627. The van der Waals surface area contributed by atoms with E-state index in [0.29, 0.717) is 71.0 Å². The van der Waals surface area contributed by atoms with Gasteiger partial charge in [0.1, 0.15) is 19.7 Å². The van der Waals surface area contributed by atoms with Gasteiger partial charge in [-0.25, -0.2) is 4.79 Å². The zero-order valence-electron chi connectivity index (χ0n) is 51.9. The highest BCUT2D eigenvalue weighted by atomic mass is 16.5. The van der Waals surface area contributed by atoms with Crippen LogP contribution in [0.3, 0.4) is 0 Å². The number of carbonyl (C=O) groups is 1. The largest absolute Gasteiger partial charge is 0.493 e. The normalized spacial score (nSPS) is 12.9. The Hall–Kier alpha value is -5.45. The summed E-state index contributed by atoms with van der Waals surface area (Å²) in [5.74, 6) is 0.988. The van der Waals surface area contributed by atoms with Gasteiger partial charge >= 0.3 is 5.97 Å². The molecule has 78 heavy (non-hydrogen) atoms. The Morgan fingerprint density at radius 3 is 0.885 bits per heavy atom. The number of hydrogen-bond donors (Lipinski definition) is 1. The molecule has 0 radical (unpaired) electrons. The van der Waals surface area contributed by atoms with E-state index in [1.807, 2.05) is 0 Å². The molecule has 0 aliphatic heterocycles. The van der Waals surface area contributed by atoms with Crippen molar-refractivity contribution < 1.29 is 56.6 Å². The summed E-state index contributed by atoms with van der Waals surface area (Å²) in [5, 5.41) is 10.4. The Morgan fingerprint density at radius 1 is 0.346 bits per heavy atom. The molecule has 0 spiro atoms. The van der Waals surface area contributed by atoms with Gasteiger partial charge in [-0.15, -0.1) is 0 Å². The lowest BCUT2D eigenvalue weighted by Crippen LogP contribution is -2.07. The molecule has 11 nitrogen and oxygen atoms in total. The summed E-state index contributed by atoms with van der Waals surface area (Å²) in [6, 6.07) is 17.8. The minimum Gasteiger partial charge on any atom is -0.493 e. The van der Waals surface area contributed by atoms with Crippen molar-refractivity contribution in [3.05, 3.63) is 89.0 Å². The maximum Gasteiger partial charge on any atom is 0.335 e. The fourth-order valence-corrected chi connectivity index (χ4v) is 9.33. The lowest BCUT2D eigenvalue weighted by Gasteiger charge is -2.19. The maximum absolute atomic E-state index is 12.8. The molecule has 436 valence electrons. The Kier molecular flexibility index (Phi) is 32.1. The summed E-state index contributed by atoms with van der Waals surface area (Å²) >= 11 is 0. The molecule has 4 aromatic carbocycles. The van der Waals surface area contributed by atoms with E-state index in [2.05, 4.69) is 20.8 Å². The summed E-state index contributed by atoms with van der Waals surface area (Å²) in [6.07, 6.45) is 36.5. The van der Waals surface area contributed by atoms with Crippen LogP contribution in [-0.4, -0.2) is 52.2 Å². The number of benzene rings is 4. The van der Waals surface area contributed by atoms with Gasteiger partial charge in [0.25, 0.3) is 0 Å². The van der Waals surface area contributed by atoms with Gasteiger partial charge in [0, 0.05) is 0 Å². The monoisotopic (exact) mass is 1090 g/mol. The molecular formula is C67H102O11. The molecule has 0 fully saturated rings. The van der Waals surface area contributed by atoms with E-state index in [9.17, 15) is 14.0 Å². The quantitative estimate of drug-likeness (QED) is 0.0426. The number of hydrogen-bond acceptors (Lipinski definition) is 10. The first kappa shape index (κ1) is 60.2. The zero-order valence-corrected chi connectivity index (χ0v) is 48.9. The minimum atomic E-state index is -1.44. The average molecular weight is 1090 g/mol. The lowest BCUT2D eigenvalue weighted by molar-refractivity contribution is 0.0695. The predicted octanol–water partition coefficient (Wildman–Crippen LogP) is 19.0. The van der Waals surface area contributed by atoms with Crippen LogP contribution in [0.1, 0.15) is 245 Å². The van der Waals surface area contributed by atoms with Gasteiger partial charge in [0.15, 0.2) is 46.0 Å². The Labute approximate surface area is 475 Å². The lowest BCUT2D eigenvalue weighted by atomic mass is 10.1. The average Bonchev–Trinajstić information content (AvgIpc) is 3.52. The minimum absolute atomic E-state index is 0.179. The summed E-state index contributed by atoms with van der Waals surface area (Å²) in [4.78, 5) is 12.8. The number of unbranched alkanes of at least 4 members (excludes halogenated alkanes) is 27. The molecule has 3 atom stereocenters. The molecule has 0 saturated carbocycles. The molecule has 0 amide bonds. The Morgan fingerprint density at radius 2 is 0.615 bits per heavy atom. The molecule has 4 aromatic rings. The molecule has 3 unspecified atom stereocenters. The van der Waals surface area contributed by atoms with Crippen LogP contribution in [0.5, 0.6) is 51.7 Å². The SMILES string of the molecule is [2H]C(Oc1cc(C(=O)O)cc(OC([2H])c2ccc(OCCCCCCCCCCCC)c(OC)c2)c1OC([2H])c1ccc(OCCCCCCCCCCCC)c(OC)c1)c1ccc(OCCCCCCCCCCCC)c(OC)c1. The van der Waals surface area contributed by atoms with Crippen molar-refractivity contribution in [1.29, 1.82) is 0 Å². The van der Waals surface area contributed by atoms with Crippen LogP contribution in [0.4, 0.5) is 0 Å². The molecular weight excluding hydrogens is 981 g/mol. The summed E-state index contributed by atoms with van der Waals surface area (Å²) in [5.41, 5.74) is 0.904. The highest BCUT2D eigenvalue weighted by Crippen LogP contribution is 2.42. The fourth-order valence-electron chi connectivity index (χ4n) is 9.33. The number of carboxylic acids is 1. The second-order valence-electron chi connectivity index (χ2n) is 20.6. The third-order valence-corrected chi connectivity index (χ3v) is 14.1. The van der Waals surface area contributed by atoms with Gasteiger partial charge in [-0.2, -0.15) is 0 Å². The number of ether oxygens (including phenoxy) is 9. The first-order valence-corrected chi connectivity index (χ1v) is 30.2. The van der Waals surface area contributed by atoms with Crippen LogP contribution in [0, 0.1) is 0 Å². The van der Waals surface area contributed by atoms with Crippen molar-refractivity contribution in [2.45, 2.75) is 233 Å². The predicted molar refractivity (Wildman–Crippen MR) is 317 cm³/mol. The summed E-state index contributed by atoms with van der Waals surface area (Å²) in [7, 11) is 4.60. The van der Waals surface area contributed by atoms with Gasteiger partial charge in [-0.3, -0.25) is 0 Å². The first-order chi connectivity index (χ1) is 39.6. The highest BCUT2D eigenvalue weighted by molar-refractivity contribution is 5.89. The van der Waals surface area contributed by atoms with Crippen molar-refractivity contribution in [3.8, 4) is 51.7 Å². The van der Waals surface area contributed by atoms with Crippen molar-refractivity contribution in [2.75, 3.05) is 41.2 Å². The van der Waals surface area contributed by atoms with Crippen LogP contribution in [0.2, 0.25) is 0 Å². The molecule has 0 aliphatic carbocycles. The molecule has 0 saturated heterocycles. The standard InChI is InChI=1S/C67H102O11/c1-7-10-13-16-19-22-25-28-31-34-43-73-58-40-37-54(46-61(58)70-4)51-76-64-49-57(67(68)69)50-65(77-52-55-38-41-59(62(47-55)71-5)74-44-35-32-29-26-23-20-17-14-11-8-2)66(64)78-53-56-39-42-60(63(48-56)72-6)75-45-36-33-30-27-24-21-18-15-12-9-3/h37-42,46-50H,7-36,43-45,51-53H2,1-6H3,(H,68,69)/i51D,52D,53D. The van der Waals surface area contributed by atoms with Crippen LogP contribution in [0.25, 0.3) is 0 Å². The van der Waals surface area contributed by atoms with Gasteiger partial charge < -0.3 is 47.7 Å². The van der Waals surface area contributed by atoms with E-state index in [1.54, 1.807) is 54.6 Å². The van der Waals surface area contributed by atoms with Crippen LogP contribution in [0.15, 0.2) is 66.7 Å². The molecule has 0 aliphatic rings. The second-order valence-corrected chi connectivity index (χ2v) is 20.6. The van der Waals surface area contributed by atoms with Crippen molar-refractivity contribution >= 4 is 5.97 Å². The van der Waals surface area contributed by atoms with Crippen molar-refractivity contribution in [1.82, 2.24) is 0 Å². The van der Waals surface area contributed by atoms with Gasteiger partial charge in [-0.05, 0) is 84.5 Å². The molecule has 1 N–H and O–H groups in total. The van der Waals surface area contributed by atoms with E-state index in [1.165, 1.54) is 188 Å². The summed E-state index contributed by atoms with van der Waals surface area (Å²) < 4.78 is 82.4. The number of rotatable bonds is 49. The maximum atomic E-state index is 12.8. The molecule has 0 heterocycles. The Balaban J connectivity index is 1.53. The Bertz CT molecular complexity index is 2210. The molecule has 11 heteroatoms. The van der Waals surface area contributed by atoms with E-state index in [4.69, 9.17) is 42.6 Å². The van der Waals surface area contributed by atoms with Crippen LogP contribution >= 0.6 is 0 Å².